The number of carbonyl (C=O) groups is 1. The van der Waals surface area contributed by atoms with Crippen molar-refractivity contribution < 1.29 is 18.3 Å². The first-order valence-electron chi connectivity index (χ1n) is 6.54. The van der Waals surface area contributed by atoms with Gasteiger partial charge in [0, 0.05) is 12.0 Å². The fraction of sp³-hybridized carbons (Fsp3) is 0.235. The summed E-state index contributed by atoms with van der Waals surface area (Å²) in [5.41, 5.74) is 2.72. The Balaban J connectivity index is 2.26. The lowest BCUT2D eigenvalue weighted by Crippen LogP contribution is -2.06. The molecule has 0 unspecified atom stereocenters. The summed E-state index contributed by atoms with van der Waals surface area (Å²) < 4.78 is 31.3. The lowest BCUT2D eigenvalue weighted by molar-refractivity contribution is 0.0992. The van der Waals surface area contributed by atoms with E-state index in [0.29, 0.717) is 11.1 Å². The summed E-state index contributed by atoms with van der Waals surface area (Å²) in [4.78, 5) is 12.3. The molecule has 2 aromatic rings. The van der Waals surface area contributed by atoms with Crippen molar-refractivity contribution in [3.63, 3.8) is 0 Å². The quantitative estimate of drug-likeness (QED) is 0.795. The smallest absolute Gasteiger partial charge is 0.167 e. The highest BCUT2D eigenvalue weighted by Crippen LogP contribution is 2.25. The van der Waals surface area contributed by atoms with Gasteiger partial charge in [0.05, 0.1) is 7.11 Å². The van der Waals surface area contributed by atoms with Gasteiger partial charge < -0.3 is 4.74 Å². The van der Waals surface area contributed by atoms with Crippen LogP contribution in [-0.2, 0) is 6.42 Å². The molecule has 0 N–H and O–H groups in total. The number of ketones is 1. The van der Waals surface area contributed by atoms with Crippen molar-refractivity contribution in [1.82, 2.24) is 0 Å². The van der Waals surface area contributed by atoms with Crippen LogP contribution < -0.4 is 4.74 Å². The second-order valence-electron chi connectivity index (χ2n) is 4.99. The zero-order valence-corrected chi connectivity index (χ0v) is 12.2. The molecule has 0 atom stereocenters. The highest BCUT2D eigenvalue weighted by Gasteiger charge is 2.13. The Bertz CT molecular complexity index is 670. The van der Waals surface area contributed by atoms with Crippen LogP contribution in [0.5, 0.6) is 5.75 Å². The largest absolute Gasteiger partial charge is 0.496 e. The monoisotopic (exact) mass is 290 g/mol. The molecule has 0 heterocycles. The maximum atomic E-state index is 13.2. The number of hydrogen-bond acceptors (Lipinski definition) is 2. The van der Waals surface area contributed by atoms with E-state index in [1.54, 1.807) is 19.2 Å². The number of methoxy groups -OCH3 is 1. The van der Waals surface area contributed by atoms with E-state index in [2.05, 4.69) is 0 Å². The average molecular weight is 290 g/mol. The van der Waals surface area contributed by atoms with Gasteiger partial charge in [0.1, 0.15) is 5.75 Å². The van der Waals surface area contributed by atoms with Crippen LogP contribution in [0.1, 0.15) is 27.0 Å². The molecule has 4 heteroatoms. The molecule has 0 aromatic heterocycles. The van der Waals surface area contributed by atoms with E-state index in [1.165, 1.54) is 6.07 Å². The van der Waals surface area contributed by atoms with E-state index in [0.717, 1.165) is 29.0 Å². The number of aryl methyl sites for hydroxylation is 2. The predicted octanol–water partition coefficient (Wildman–Crippen LogP) is 4.02. The Hall–Kier alpha value is -2.23. The first-order chi connectivity index (χ1) is 9.92. The molecular weight excluding hydrogens is 274 g/mol. The van der Waals surface area contributed by atoms with Crippen LogP contribution in [0.15, 0.2) is 30.3 Å². The minimum atomic E-state index is -0.942. The molecule has 0 aliphatic heterocycles. The van der Waals surface area contributed by atoms with Gasteiger partial charge in [0.15, 0.2) is 17.4 Å². The molecule has 0 aliphatic carbocycles. The van der Waals surface area contributed by atoms with E-state index in [1.807, 2.05) is 13.8 Å². The van der Waals surface area contributed by atoms with Gasteiger partial charge >= 0.3 is 0 Å². The number of rotatable bonds is 4. The molecule has 0 radical (unpaired) electrons. The lowest BCUT2D eigenvalue weighted by atomic mass is 9.98. The number of hydrogen-bond donors (Lipinski definition) is 0. The standard InChI is InChI=1S/C17H16F2O2/c1-10-6-13(7-11(2)17(10)21-3)16(20)9-12-4-5-14(18)15(19)8-12/h4-8H,9H2,1-3H3. The molecular formula is C17H16F2O2. The van der Waals surface area contributed by atoms with Crippen LogP contribution in [0.4, 0.5) is 8.78 Å². The molecule has 2 nitrogen and oxygen atoms in total. The lowest BCUT2D eigenvalue weighted by Gasteiger charge is -2.11. The number of ether oxygens (including phenoxy) is 1. The average Bonchev–Trinajstić information content (AvgIpc) is 2.42. The Labute approximate surface area is 122 Å². The summed E-state index contributed by atoms with van der Waals surface area (Å²) in [5, 5.41) is 0. The minimum Gasteiger partial charge on any atom is -0.496 e. The summed E-state index contributed by atoms with van der Waals surface area (Å²) in [7, 11) is 1.58. The van der Waals surface area contributed by atoms with Crippen LogP contribution >= 0.6 is 0 Å². The van der Waals surface area contributed by atoms with Crippen molar-refractivity contribution in [3.05, 3.63) is 64.2 Å². The topological polar surface area (TPSA) is 26.3 Å². The number of halogens is 2. The summed E-state index contributed by atoms with van der Waals surface area (Å²) in [6, 6.07) is 6.99. The molecule has 0 saturated heterocycles. The van der Waals surface area contributed by atoms with Crippen LogP contribution in [0, 0.1) is 25.5 Å². The molecule has 0 saturated carbocycles. The normalized spacial score (nSPS) is 10.5. The zero-order chi connectivity index (χ0) is 15.6. The SMILES string of the molecule is COc1c(C)cc(C(=O)Cc2ccc(F)c(F)c2)cc1C. The zero-order valence-electron chi connectivity index (χ0n) is 12.2. The molecule has 110 valence electrons. The van der Waals surface area contributed by atoms with Gasteiger partial charge in [-0.2, -0.15) is 0 Å². The maximum Gasteiger partial charge on any atom is 0.167 e. The van der Waals surface area contributed by atoms with Gasteiger partial charge in [0.2, 0.25) is 0 Å². The van der Waals surface area contributed by atoms with Crippen LogP contribution in [0.2, 0.25) is 0 Å². The first kappa shape index (κ1) is 15.2. The Kier molecular flexibility index (Phi) is 4.36. The van der Waals surface area contributed by atoms with Gasteiger partial charge in [-0.05, 0) is 54.8 Å². The van der Waals surface area contributed by atoms with Crippen molar-refractivity contribution in [1.29, 1.82) is 0 Å². The molecule has 0 amide bonds. The number of Topliss-reactive ketones (excluding diaryl/α,β-unsaturated/α-hetero) is 1. The van der Waals surface area contributed by atoms with E-state index in [-0.39, 0.29) is 12.2 Å². The number of benzene rings is 2. The van der Waals surface area contributed by atoms with Gasteiger partial charge in [-0.1, -0.05) is 6.07 Å². The predicted molar refractivity (Wildman–Crippen MR) is 76.9 cm³/mol. The van der Waals surface area contributed by atoms with Crippen molar-refractivity contribution in [2.24, 2.45) is 0 Å². The van der Waals surface area contributed by atoms with E-state index in [4.69, 9.17) is 4.74 Å². The van der Waals surface area contributed by atoms with Crippen LogP contribution in [0.3, 0.4) is 0 Å². The molecule has 0 aliphatic rings. The highest BCUT2D eigenvalue weighted by atomic mass is 19.2. The molecule has 21 heavy (non-hydrogen) atoms. The fourth-order valence-electron chi connectivity index (χ4n) is 2.37. The summed E-state index contributed by atoms with van der Waals surface area (Å²) in [6.45, 7) is 3.72. The second kappa shape index (κ2) is 6.04. The molecule has 0 spiro atoms. The van der Waals surface area contributed by atoms with E-state index >= 15 is 0 Å². The third-order valence-corrected chi connectivity index (χ3v) is 3.34. The van der Waals surface area contributed by atoms with Crippen molar-refractivity contribution >= 4 is 5.78 Å². The highest BCUT2D eigenvalue weighted by molar-refractivity contribution is 5.98. The van der Waals surface area contributed by atoms with E-state index < -0.39 is 11.6 Å². The van der Waals surface area contributed by atoms with E-state index in [9.17, 15) is 13.6 Å². The van der Waals surface area contributed by atoms with Gasteiger partial charge in [-0.3, -0.25) is 4.79 Å². The molecule has 2 rings (SSSR count). The molecule has 0 fully saturated rings. The van der Waals surface area contributed by atoms with Crippen molar-refractivity contribution in [2.75, 3.05) is 7.11 Å². The Morgan fingerprint density at radius 1 is 1.05 bits per heavy atom. The number of carbonyl (C=O) groups excluding carboxylic acids is 1. The van der Waals surface area contributed by atoms with Gasteiger partial charge in [0.25, 0.3) is 0 Å². The Morgan fingerprint density at radius 2 is 1.67 bits per heavy atom. The minimum absolute atomic E-state index is 0.0302. The first-order valence-corrected chi connectivity index (χ1v) is 6.54. The van der Waals surface area contributed by atoms with Gasteiger partial charge in [-0.25, -0.2) is 8.78 Å². The maximum absolute atomic E-state index is 13.2. The third-order valence-electron chi connectivity index (χ3n) is 3.34. The van der Waals surface area contributed by atoms with Crippen molar-refractivity contribution in [3.8, 4) is 5.75 Å². The van der Waals surface area contributed by atoms with Crippen molar-refractivity contribution in [2.45, 2.75) is 20.3 Å². The molecule has 2 aromatic carbocycles. The fourth-order valence-corrected chi connectivity index (χ4v) is 2.37. The van der Waals surface area contributed by atoms with Crippen LogP contribution in [0.25, 0.3) is 0 Å². The van der Waals surface area contributed by atoms with Gasteiger partial charge in [-0.15, -0.1) is 0 Å². The van der Waals surface area contributed by atoms with Crippen LogP contribution in [-0.4, -0.2) is 12.9 Å². The third kappa shape index (κ3) is 3.27. The summed E-state index contributed by atoms with van der Waals surface area (Å²) in [5.74, 6) is -1.25. The molecule has 0 bridgehead atoms. The Morgan fingerprint density at radius 3 is 2.19 bits per heavy atom. The summed E-state index contributed by atoms with van der Waals surface area (Å²) in [6.07, 6.45) is 0.0302. The second-order valence-corrected chi connectivity index (χ2v) is 4.99. The summed E-state index contributed by atoms with van der Waals surface area (Å²) >= 11 is 0.